The highest BCUT2D eigenvalue weighted by molar-refractivity contribution is 6.35. The van der Waals surface area contributed by atoms with Gasteiger partial charge in [0.1, 0.15) is 0 Å². The lowest BCUT2D eigenvalue weighted by Crippen LogP contribution is -2.27. The number of carbonyl (C=O) groups excluding carboxylic acids is 1. The highest BCUT2D eigenvalue weighted by atomic mass is 35.5. The predicted molar refractivity (Wildman–Crippen MR) is 72.8 cm³/mol. The van der Waals surface area contributed by atoms with Crippen LogP contribution in [-0.4, -0.2) is 18.5 Å². The van der Waals surface area contributed by atoms with Crippen LogP contribution < -0.4 is 10.6 Å². The van der Waals surface area contributed by atoms with Crippen LogP contribution in [0.2, 0.25) is 10.0 Å². The first-order chi connectivity index (χ1) is 7.97. The Hall–Kier alpha value is -0.770. The summed E-state index contributed by atoms with van der Waals surface area (Å²) in [5.74, 6) is -0.0588. The summed E-state index contributed by atoms with van der Waals surface area (Å²) < 4.78 is 0. The standard InChI is InChI=1S/C12H16Cl2N2O/c1-8(2)15-4-3-12(17)16-11-6-9(13)5-10(14)7-11/h5-8,15H,3-4H2,1-2H3,(H,16,17). The van der Waals surface area contributed by atoms with Gasteiger partial charge in [-0.2, -0.15) is 0 Å². The molecule has 0 spiro atoms. The van der Waals surface area contributed by atoms with Gasteiger partial charge < -0.3 is 10.6 Å². The molecule has 94 valence electrons. The Balaban J connectivity index is 2.45. The lowest BCUT2D eigenvalue weighted by molar-refractivity contribution is -0.116. The van der Waals surface area contributed by atoms with Crippen molar-refractivity contribution in [1.82, 2.24) is 5.32 Å². The third-order valence-electron chi connectivity index (χ3n) is 2.05. The number of hydrogen-bond acceptors (Lipinski definition) is 2. The van der Waals surface area contributed by atoms with E-state index in [4.69, 9.17) is 23.2 Å². The Morgan fingerprint density at radius 1 is 1.24 bits per heavy atom. The summed E-state index contributed by atoms with van der Waals surface area (Å²) in [6, 6.07) is 5.34. The number of halogens is 2. The Kier molecular flexibility index (Phi) is 5.75. The summed E-state index contributed by atoms with van der Waals surface area (Å²) in [4.78, 5) is 11.6. The first kappa shape index (κ1) is 14.3. The van der Waals surface area contributed by atoms with Crippen molar-refractivity contribution in [3.05, 3.63) is 28.2 Å². The summed E-state index contributed by atoms with van der Waals surface area (Å²) in [5, 5.41) is 6.94. The molecule has 0 aromatic heterocycles. The summed E-state index contributed by atoms with van der Waals surface area (Å²) in [7, 11) is 0. The van der Waals surface area contributed by atoms with Crippen molar-refractivity contribution in [3.8, 4) is 0 Å². The topological polar surface area (TPSA) is 41.1 Å². The normalized spacial score (nSPS) is 10.6. The zero-order valence-electron chi connectivity index (χ0n) is 9.89. The van der Waals surface area contributed by atoms with E-state index in [2.05, 4.69) is 10.6 Å². The number of hydrogen-bond donors (Lipinski definition) is 2. The summed E-state index contributed by atoms with van der Waals surface area (Å²) in [6.07, 6.45) is 0.419. The van der Waals surface area contributed by atoms with E-state index in [-0.39, 0.29) is 5.91 Å². The molecule has 0 fully saturated rings. The number of benzene rings is 1. The van der Waals surface area contributed by atoms with E-state index in [1.807, 2.05) is 13.8 Å². The minimum absolute atomic E-state index is 0.0588. The monoisotopic (exact) mass is 274 g/mol. The maximum absolute atomic E-state index is 11.6. The largest absolute Gasteiger partial charge is 0.326 e. The van der Waals surface area contributed by atoms with Crippen molar-refractivity contribution in [2.24, 2.45) is 0 Å². The molecule has 0 aliphatic heterocycles. The molecule has 0 unspecified atom stereocenters. The average Bonchev–Trinajstić information content (AvgIpc) is 2.14. The molecule has 17 heavy (non-hydrogen) atoms. The van der Waals surface area contributed by atoms with Gasteiger partial charge in [0.05, 0.1) is 0 Å². The van der Waals surface area contributed by atoms with Crippen molar-refractivity contribution in [2.45, 2.75) is 26.3 Å². The number of carbonyl (C=O) groups is 1. The molecular formula is C12H16Cl2N2O. The molecule has 3 nitrogen and oxygen atoms in total. The van der Waals surface area contributed by atoms with E-state index in [0.29, 0.717) is 34.7 Å². The maximum atomic E-state index is 11.6. The lowest BCUT2D eigenvalue weighted by atomic mass is 10.3. The molecule has 0 saturated carbocycles. The smallest absolute Gasteiger partial charge is 0.225 e. The van der Waals surface area contributed by atoms with Gasteiger partial charge in [-0.25, -0.2) is 0 Å². The van der Waals surface area contributed by atoms with Gasteiger partial charge in [-0.3, -0.25) is 4.79 Å². The van der Waals surface area contributed by atoms with E-state index in [0.717, 1.165) is 0 Å². The van der Waals surface area contributed by atoms with Crippen LogP contribution in [-0.2, 0) is 4.79 Å². The van der Waals surface area contributed by atoms with Gasteiger partial charge >= 0.3 is 0 Å². The second-order valence-corrected chi connectivity index (χ2v) is 4.94. The van der Waals surface area contributed by atoms with Crippen LogP contribution in [0.25, 0.3) is 0 Å². The second-order valence-electron chi connectivity index (χ2n) is 4.07. The third-order valence-corrected chi connectivity index (χ3v) is 2.49. The minimum Gasteiger partial charge on any atom is -0.326 e. The first-order valence-electron chi connectivity index (χ1n) is 5.46. The van der Waals surface area contributed by atoms with Crippen LogP contribution in [0.3, 0.4) is 0 Å². The van der Waals surface area contributed by atoms with E-state index in [9.17, 15) is 4.79 Å². The number of rotatable bonds is 5. The zero-order chi connectivity index (χ0) is 12.8. The molecule has 1 amide bonds. The van der Waals surface area contributed by atoms with Gasteiger partial charge in [-0.15, -0.1) is 0 Å². The van der Waals surface area contributed by atoms with Crippen LogP contribution in [0.1, 0.15) is 20.3 Å². The molecule has 2 N–H and O–H groups in total. The van der Waals surface area contributed by atoms with Crippen molar-refractivity contribution >= 4 is 34.8 Å². The van der Waals surface area contributed by atoms with Gasteiger partial charge in [0, 0.05) is 34.7 Å². The fraction of sp³-hybridized carbons (Fsp3) is 0.417. The Labute approximate surface area is 111 Å². The van der Waals surface area contributed by atoms with Gasteiger partial charge in [0.2, 0.25) is 5.91 Å². The van der Waals surface area contributed by atoms with Crippen molar-refractivity contribution < 1.29 is 4.79 Å². The molecule has 0 heterocycles. The highest BCUT2D eigenvalue weighted by Crippen LogP contribution is 2.22. The van der Waals surface area contributed by atoms with Crippen LogP contribution in [0.5, 0.6) is 0 Å². The average molecular weight is 275 g/mol. The second kappa shape index (κ2) is 6.84. The number of anilines is 1. The minimum atomic E-state index is -0.0588. The first-order valence-corrected chi connectivity index (χ1v) is 6.22. The molecule has 0 radical (unpaired) electrons. The molecular weight excluding hydrogens is 259 g/mol. The van der Waals surface area contributed by atoms with E-state index < -0.39 is 0 Å². The quantitative estimate of drug-likeness (QED) is 0.865. The van der Waals surface area contributed by atoms with E-state index >= 15 is 0 Å². The van der Waals surface area contributed by atoms with Gasteiger partial charge in [0.25, 0.3) is 0 Å². The molecule has 0 saturated heterocycles. The molecule has 1 rings (SSSR count). The molecule has 0 aliphatic rings. The maximum Gasteiger partial charge on any atom is 0.225 e. The fourth-order valence-electron chi connectivity index (χ4n) is 1.32. The molecule has 1 aromatic carbocycles. The highest BCUT2D eigenvalue weighted by Gasteiger charge is 2.04. The molecule has 5 heteroatoms. The van der Waals surface area contributed by atoms with Crippen LogP contribution >= 0.6 is 23.2 Å². The van der Waals surface area contributed by atoms with Crippen molar-refractivity contribution in [1.29, 1.82) is 0 Å². The third kappa shape index (κ3) is 5.91. The summed E-state index contributed by atoms with van der Waals surface area (Å²) in [6.45, 7) is 4.72. The van der Waals surface area contributed by atoms with Gasteiger partial charge in [-0.1, -0.05) is 37.0 Å². The van der Waals surface area contributed by atoms with E-state index in [1.54, 1.807) is 18.2 Å². The van der Waals surface area contributed by atoms with Crippen LogP contribution in [0, 0.1) is 0 Å². The summed E-state index contributed by atoms with van der Waals surface area (Å²) >= 11 is 11.7. The Morgan fingerprint density at radius 3 is 2.35 bits per heavy atom. The van der Waals surface area contributed by atoms with Crippen molar-refractivity contribution in [3.63, 3.8) is 0 Å². The van der Waals surface area contributed by atoms with Crippen LogP contribution in [0.4, 0.5) is 5.69 Å². The SMILES string of the molecule is CC(C)NCCC(=O)Nc1cc(Cl)cc(Cl)c1. The molecule has 1 aromatic rings. The van der Waals surface area contributed by atoms with Gasteiger partial charge in [-0.05, 0) is 18.2 Å². The van der Waals surface area contributed by atoms with Gasteiger partial charge in [0.15, 0.2) is 0 Å². The zero-order valence-corrected chi connectivity index (χ0v) is 11.4. The van der Waals surface area contributed by atoms with Crippen LogP contribution in [0.15, 0.2) is 18.2 Å². The Bertz CT molecular complexity index is 374. The fourth-order valence-corrected chi connectivity index (χ4v) is 1.85. The lowest BCUT2D eigenvalue weighted by Gasteiger charge is -2.09. The summed E-state index contributed by atoms with van der Waals surface area (Å²) in [5.41, 5.74) is 0.622. The molecule has 0 atom stereocenters. The van der Waals surface area contributed by atoms with Crippen molar-refractivity contribution in [2.75, 3.05) is 11.9 Å². The van der Waals surface area contributed by atoms with E-state index in [1.165, 1.54) is 0 Å². The number of nitrogens with one attached hydrogen (secondary N) is 2. The predicted octanol–water partition coefficient (Wildman–Crippen LogP) is 3.32. The molecule has 0 bridgehead atoms. The Morgan fingerprint density at radius 2 is 1.82 bits per heavy atom. The number of amides is 1. The molecule has 0 aliphatic carbocycles.